The summed E-state index contributed by atoms with van der Waals surface area (Å²) in [5.74, 6) is -0.363. The summed E-state index contributed by atoms with van der Waals surface area (Å²) in [6.45, 7) is 2.12. The van der Waals surface area contributed by atoms with Gasteiger partial charge in [0.15, 0.2) is 0 Å². The standard InChI is InChI=1S/C14H16N2O2/c1-2-18-14(17)12(15)9-10-7-8-16-13-6-4-3-5-11(10)13/h3-8,12H,2,9,15H2,1H3/t12-/m1/s1. The van der Waals surface area contributed by atoms with Gasteiger partial charge in [-0.25, -0.2) is 0 Å². The number of esters is 1. The van der Waals surface area contributed by atoms with Crippen molar-refractivity contribution in [3.63, 3.8) is 0 Å². The van der Waals surface area contributed by atoms with Crippen LogP contribution in [0.15, 0.2) is 36.5 Å². The van der Waals surface area contributed by atoms with E-state index in [9.17, 15) is 4.79 Å². The quantitative estimate of drug-likeness (QED) is 0.831. The number of para-hydroxylation sites is 1. The first-order valence-electron chi connectivity index (χ1n) is 5.97. The maximum absolute atomic E-state index is 11.5. The second-order valence-electron chi connectivity index (χ2n) is 4.05. The van der Waals surface area contributed by atoms with Crippen molar-refractivity contribution in [3.8, 4) is 0 Å². The van der Waals surface area contributed by atoms with Crippen molar-refractivity contribution < 1.29 is 9.53 Å². The normalized spacial score (nSPS) is 12.3. The van der Waals surface area contributed by atoms with E-state index in [-0.39, 0.29) is 5.97 Å². The molecule has 0 aliphatic rings. The lowest BCUT2D eigenvalue weighted by Crippen LogP contribution is -2.34. The molecule has 4 nitrogen and oxygen atoms in total. The van der Waals surface area contributed by atoms with Gasteiger partial charge in [0.25, 0.3) is 0 Å². The van der Waals surface area contributed by atoms with Crippen LogP contribution >= 0.6 is 0 Å². The molecule has 1 aromatic carbocycles. The Balaban J connectivity index is 2.24. The highest BCUT2D eigenvalue weighted by atomic mass is 16.5. The number of nitrogens with zero attached hydrogens (tertiary/aromatic N) is 1. The van der Waals surface area contributed by atoms with Gasteiger partial charge >= 0.3 is 5.97 Å². The number of hydrogen-bond acceptors (Lipinski definition) is 4. The summed E-state index contributed by atoms with van der Waals surface area (Å²) >= 11 is 0. The zero-order valence-electron chi connectivity index (χ0n) is 10.3. The van der Waals surface area contributed by atoms with Gasteiger partial charge in [0.05, 0.1) is 12.1 Å². The predicted octanol–water partition coefficient (Wildman–Crippen LogP) is 1.67. The maximum atomic E-state index is 11.5. The molecule has 0 fully saturated rings. The zero-order valence-corrected chi connectivity index (χ0v) is 10.3. The number of nitrogens with two attached hydrogens (primary N) is 1. The molecule has 0 saturated carbocycles. The number of fused-ring (bicyclic) bond motifs is 1. The Bertz CT molecular complexity index is 549. The molecule has 1 aromatic heterocycles. The van der Waals surface area contributed by atoms with E-state index in [2.05, 4.69) is 4.98 Å². The van der Waals surface area contributed by atoms with E-state index in [1.165, 1.54) is 0 Å². The van der Waals surface area contributed by atoms with Gasteiger partial charge in [0, 0.05) is 11.6 Å². The summed E-state index contributed by atoms with van der Waals surface area (Å²) in [4.78, 5) is 15.8. The molecule has 0 spiro atoms. The van der Waals surface area contributed by atoms with Crippen LogP contribution in [0.25, 0.3) is 10.9 Å². The largest absolute Gasteiger partial charge is 0.465 e. The van der Waals surface area contributed by atoms with Crippen molar-refractivity contribution in [1.29, 1.82) is 0 Å². The van der Waals surface area contributed by atoms with Gasteiger partial charge in [0.1, 0.15) is 6.04 Å². The summed E-state index contributed by atoms with van der Waals surface area (Å²) in [5, 5.41) is 1.03. The van der Waals surface area contributed by atoms with Crippen molar-refractivity contribution >= 4 is 16.9 Å². The molecule has 2 rings (SSSR count). The molecule has 0 radical (unpaired) electrons. The van der Waals surface area contributed by atoms with Crippen LogP contribution in [-0.4, -0.2) is 23.6 Å². The number of rotatable bonds is 4. The van der Waals surface area contributed by atoms with E-state index < -0.39 is 6.04 Å². The molecule has 0 bridgehead atoms. The fourth-order valence-corrected chi connectivity index (χ4v) is 1.90. The molecular formula is C14H16N2O2. The van der Waals surface area contributed by atoms with Crippen molar-refractivity contribution in [2.24, 2.45) is 5.73 Å². The van der Waals surface area contributed by atoms with E-state index in [4.69, 9.17) is 10.5 Å². The van der Waals surface area contributed by atoms with Gasteiger partial charge in [-0.05, 0) is 31.0 Å². The molecule has 0 unspecified atom stereocenters. The Labute approximate surface area is 106 Å². The Morgan fingerprint density at radius 1 is 1.39 bits per heavy atom. The fraction of sp³-hybridized carbons (Fsp3) is 0.286. The van der Waals surface area contributed by atoms with Crippen molar-refractivity contribution in [1.82, 2.24) is 4.98 Å². The van der Waals surface area contributed by atoms with Gasteiger partial charge in [-0.15, -0.1) is 0 Å². The maximum Gasteiger partial charge on any atom is 0.323 e. The number of carbonyl (C=O) groups excluding carboxylic acids is 1. The van der Waals surface area contributed by atoms with Gasteiger partial charge in [-0.3, -0.25) is 9.78 Å². The molecule has 18 heavy (non-hydrogen) atoms. The first-order chi connectivity index (χ1) is 8.72. The fourth-order valence-electron chi connectivity index (χ4n) is 1.90. The topological polar surface area (TPSA) is 65.2 Å². The van der Waals surface area contributed by atoms with E-state index in [0.717, 1.165) is 16.5 Å². The lowest BCUT2D eigenvalue weighted by molar-refractivity contribution is -0.144. The van der Waals surface area contributed by atoms with Gasteiger partial charge in [-0.1, -0.05) is 18.2 Å². The minimum absolute atomic E-state index is 0.351. The van der Waals surface area contributed by atoms with E-state index in [1.807, 2.05) is 30.3 Å². The molecule has 0 aliphatic carbocycles. The van der Waals surface area contributed by atoms with Crippen LogP contribution in [0.2, 0.25) is 0 Å². The average Bonchev–Trinajstić information content (AvgIpc) is 2.39. The van der Waals surface area contributed by atoms with Gasteiger partial charge < -0.3 is 10.5 Å². The predicted molar refractivity (Wildman–Crippen MR) is 70.1 cm³/mol. The minimum atomic E-state index is -0.629. The van der Waals surface area contributed by atoms with Crippen LogP contribution in [0, 0.1) is 0 Å². The number of pyridine rings is 1. The number of aromatic nitrogens is 1. The molecule has 0 aliphatic heterocycles. The van der Waals surface area contributed by atoms with Crippen LogP contribution in [0.3, 0.4) is 0 Å². The third-order valence-electron chi connectivity index (χ3n) is 2.77. The van der Waals surface area contributed by atoms with Crippen LogP contribution in [0.4, 0.5) is 0 Å². The number of benzene rings is 1. The van der Waals surface area contributed by atoms with Crippen molar-refractivity contribution in [2.75, 3.05) is 6.61 Å². The third kappa shape index (κ3) is 2.65. The van der Waals surface area contributed by atoms with Crippen LogP contribution in [0.1, 0.15) is 12.5 Å². The lowest BCUT2D eigenvalue weighted by Gasteiger charge is -2.12. The molecular weight excluding hydrogens is 228 g/mol. The first kappa shape index (κ1) is 12.5. The Morgan fingerprint density at radius 3 is 2.94 bits per heavy atom. The minimum Gasteiger partial charge on any atom is -0.465 e. The highest BCUT2D eigenvalue weighted by molar-refractivity contribution is 5.83. The highest BCUT2D eigenvalue weighted by Gasteiger charge is 2.16. The van der Waals surface area contributed by atoms with E-state index in [0.29, 0.717) is 13.0 Å². The monoisotopic (exact) mass is 244 g/mol. The molecule has 4 heteroatoms. The molecule has 2 aromatic rings. The Morgan fingerprint density at radius 2 is 2.17 bits per heavy atom. The van der Waals surface area contributed by atoms with Gasteiger partial charge in [-0.2, -0.15) is 0 Å². The second-order valence-corrected chi connectivity index (χ2v) is 4.05. The summed E-state index contributed by atoms with van der Waals surface area (Å²) in [6, 6.07) is 9.06. The molecule has 0 saturated heterocycles. The lowest BCUT2D eigenvalue weighted by atomic mass is 10.0. The van der Waals surface area contributed by atoms with Crippen molar-refractivity contribution in [2.45, 2.75) is 19.4 Å². The summed E-state index contributed by atoms with van der Waals surface area (Å²) in [6.07, 6.45) is 2.19. The van der Waals surface area contributed by atoms with Gasteiger partial charge in [0.2, 0.25) is 0 Å². The van der Waals surface area contributed by atoms with E-state index >= 15 is 0 Å². The van der Waals surface area contributed by atoms with Crippen LogP contribution in [0.5, 0.6) is 0 Å². The number of carbonyl (C=O) groups is 1. The molecule has 2 N–H and O–H groups in total. The molecule has 1 atom stereocenters. The smallest absolute Gasteiger partial charge is 0.323 e. The number of hydrogen-bond donors (Lipinski definition) is 1. The first-order valence-corrected chi connectivity index (χ1v) is 5.97. The van der Waals surface area contributed by atoms with Crippen LogP contribution < -0.4 is 5.73 Å². The molecule has 1 heterocycles. The summed E-state index contributed by atoms with van der Waals surface area (Å²) < 4.78 is 4.91. The number of ether oxygens (including phenoxy) is 1. The summed E-state index contributed by atoms with van der Waals surface area (Å²) in [5.41, 5.74) is 7.75. The Kier molecular flexibility index (Phi) is 3.89. The third-order valence-corrected chi connectivity index (χ3v) is 2.77. The molecule has 0 amide bonds. The zero-order chi connectivity index (χ0) is 13.0. The molecule has 94 valence electrons. The summed E-state index contributed by atoms with van der Waals surface area (Å²) in [7, 11) is 0. The Hall–Kier alpha value is -1.94. The van der Waals surface area contributed by atoms with Crippen LogP contribution in [-0.2, 0) is 16.0 Å². The average molecular weight is 244 g/mol. The van der Waals surface area contributed by atoms with Crippen molar-refractivity contribution in [3.05, 3.63) is 42.1 Å². The SMILES string of the molecule is CCOC(=O)[C@H](N)Cc1ccnc2ccccc12. The van der Waals surface area contributed by atoms with E-state index in [1.54, 1.807) is 13.1 Å². The second kappa shape index (κ2) is 5.60. The highest BCUT2D eigenvalue weighted by Crippen LogP contribution is 2.17.